The van der Waals surface area contributed by atoms with Crippen LogP contribution in [0.3, 0.4) is 0 Å². The molecule has 0 radical (unpaired) electrons. The van der Waals surface area contributed by atoms with Crippen molar-refractivity contribution < 1.29 is 66.0 Å². The predicted octanol–water partition coefficient (Wildman–Crippen LogP) is 0.834. The molecule has 2 aliphatic rings. The Hall–Kier alpha value is -2.86. The molecule has 40 heavy (non-hydrogen) atoms. The van der Waals surface area contributed by atoms with E-state index >= 15 is 0 Å². The zero-order valence-electron chi connectivity index (χ0n) is 22.1. The molecule has 5 atom stereocenters. The summed E-state index contributed by atoms with van der Waals surface area (Å²) >= 11 is 0. The molecular weight excluding hydrogens is 570 g/mol. The van der Waals surface area contributed by atoms with Gasteiger partial charge in [-0.25, -0.2) is 32.4 Å². The van der Waals surface area contributed by atoms with Crippen LogP contribution >= 0.6 is 7.82 Å². The number of aromatic amines is 1. The van der Waals surface area contributed by atoms with Gasteiger partial charge < -0.3 is 33.9 Å². The van der Waals surface area contributed by atoms with Gasteiger partial charge in [-0.1, -0.05) is 0 Å². The maximum absolute atomic E-state index is 14.4. The van der Waals surface area contributed by atoms with Crippen LogP contribution in [0.5, 0.6) is 0 Å². The Balaban J connectivity index is 1.81. The maximum atomic E-state index is 14.4. The van der Waals surface area contributed by atoms with Crippen LogP contribution in [-0.4, -0.2) is 87.5 Å². The van der Waals surface area contributed by atoms with Crippen molar-refractivity contribution in [1.82, 2.24) is 9.55 Å². The summed E-state index contributed by atoms with van der Waals surface area (Å²) in [4.78, 5) is 48.8. The number of nitrogens with one attached hydrogen (secondary N) is 1. The quantitative estimate of drug-likeness (QED) is 0.172. The van der Waals surface area contributed by atoms with E-state index in [0.717, 1.165) is 19.2 Å². The molecule has 1 unspecified atom stereocenters. The van der Waals surface area contributed by atoms with Crippen molar-refractivity contribution in [3.05, 3.63) is 33.1 Å². The highest BCUT2D eigenvalue weighted by atomic mass is 31.2. The lowest BCUT2D eigenvalue weighted by atomic mass is 9.94. The molecule has 0 spiro atoms. The first-order valence-electron chi connectivity index (χ1n) is 11.8. The number of phosphoric ester groups is 1. The van der Waals surface area contributed by atoms with Gasteiger partial charge in [-0.3, -0.25) is 18.9 Å². The van der Waals surface area contributed by atoms with Crippen molar-refractivity contribution in [3.63, 3.8) is 0 Å². The van der Waals surface area contributed by atoms with E-state index in [4.69, 9.17) is 27.8 Å². The number of carbonyl (C=O) groups excluding carboxylic acids is 2. The molecule has 2 fully saturated rings. The molecule has 1 saturated carbocycles. The number of alkyl halides is 1. The van der Waals surface area contributed by atoms with E-state index in [-0.39, 0.29) is 0 Å². The molecule has 3 N–H and O–H groups in total. The number of ether oxygens (including phenoxy) is 5. The number of hydrogen-bond acceptors (Lipinski definition) is 15. The number of fused-ring (bicyclic) bond motifs is 1. The lowest BCUT2D eigenvalue weighted by Crippen LogP contribution is -2.51. The van der Waals surface area contributed by atoms with Crippen LogP contribution in [0.1, 0.15) is 40.8 Å². The van der Waals surface area contributed by atoms with Crippen LogP contribution in [-0.2, 0) is 41.8 Å². The fraction of sp³-hybridized carbons (Fsp3) is 0.714. The van der Waals surface area contributed by atoms with Crippen molar-refractivity contribution in [2.24, 2.45) is 0 Å². The summed E-state index contributed by atoms with van der Waals surface area (Å²) in [5.74, 6) is 0. The van der Waals surface area contributed by atoms with Crippen molar-refractivity contribution in [2.75, 3.05) is 20.3 Å². The normalized spacial score (nSPS) is 29.2. The van der Waals surface area contributed by atoms with E-state index in [0.29, 0.717) is 4.57 Å². The number of rotatable bonds is 12. The van der Waals surface area contributed by atoms with Crippen LogP contribution in [0.4, 0.5) is 14.0 Å². The Bertz CT molecular complexity index is 1230. The standard InChI is InChI=1S/C21H30FN2O15P/c1-11(2)36-17(27)32-9-34-40(31,35-10-33-18(28)37-12(3)4)39-14-20(8-22)21(14,30)19(5,29)15(38-20)24-7-6-13(25)23-16(24)26/h6-7,11-12,14-15,29-30H,8-10H2,1-5H3,(H,23,25,26)/t14?,15-,19+,20-,21+/m1/s1. The van der Waals surface area contributed by atoms with Crippen LogP contribution in [0.15, 0.2) is 21.9 Å². The zero-order chi connectivity index (χ0) is 30.1. The van der Waals surface area contributed by atoms with Crippen LogP contribution in [0.25, 0.3) is 0 Å². The maximum Gasteiger partial charge on any atom is 0.510 e. The number of carbonyl (C=O) groups is 2. The fourth-order valence-corrected chi connectivity index (χ4v) is 5.21. The van der Waals surface area contributed by atoms with Gasteiger partial charge >= 0.3 is 25.8 Å². The molecule has 226 valence electrons. The lowest BCUT2D eigenvalue weighted by Gasteiger charge is -2.33. The summed E-state index contributed by atoms with van der Waals surface area (Å²) < 4.78 is 67.7. The number of aliphatic hydroxyl groups is 2. The summed E-state index contributed by atoms with van der Waals surface area (Å²) in [5.41, 5.74) is -9.37. The average molecular weight is 600 g/mol. The molecule has 0 aromatic carbocycles. The third-order valence-electron chi connectivity index (χ3n) is 5.92. The zero-order valence-corrected chi connectivity index (χ0v) is 23.0. The molecule has 1 aromatic heterocycles. The van der Waals surface area contributed by atoms with Crippen LogP contribution in [0, 0.1) is 0 Å². The van der Waals surface area contributed by atoms with Gasteiger partial charge in [0.25, 0.3) is 5.56 Å². The Labute approximate surface area is 225 Å². The molecule has 2 heterocycles. The van der Waals surface area contributed by atoms with Gasteiger partial charge in [0.2, 0.25) is 13.6 Å². The van der Waals surface area contributed by atoms with E-state index in [1.807, 2.05) is 4.98 Å². The molecule has 17 nitrogen and oxygen atoms in total. The summed E-state index contributed by atoms with van der Waals surface area (Å²) in [7, 11) is -5.01. The Kier molecular flexibility index (Phi) is 9.15. The molecular formula is C21H30FN2O15P. The van der Waals surface area contributed by atoms with Crippen LogP contribution < -0.4 is 11.2 Å². The average Bonchev–Trinajstić information content (AvgIpc) is 3.26. The molecule has 19 heteroatoms. The predicted molar refractivity (Wildman–Crippen MR) is 126 cm³/mol. The minimum atomic E-state index is -5.01. The van der Waals surface area contributed by atoms with Gasteiger partial charge in [-0.2, -0.15) is 0 Å². The molecule has 0 bridgehead atoms. The first kappa shape index (κ1) is 31.7. The summed E-state index contributed by atoms with van der Waals surface area (Å²) in [5, 5.41) is 22.5. The van der Waals surface area contributed by atoms with Gasteiger partial charge in [0.05, 0.1) is 12.2 Å². The summed E-state index contributed by atoms with van der Waals surface area (Å²) in [6, 6.07) is 0.926. The second kappa shape index (κ2) is 11.6. The van der Waals surface area contributed by atoms with E-state index < -0.39 is 93.0 Å². The first-order valence-corrected chi connectivity index (χ1v) is 13.2. The smallest absolute Gasteiger partial charge is 0.432 e. The van der Waals surface area contributed by atoms with E-state index in [2.05, 4.69) is 9.47 Å². The monoisotopic (exact) mass is 600 g/mol. The third kappa shape index (κ3) is 5.93. The number of aromatic nitrogens is 2. The van der Waals surface area contributed by atoms with Gasteiger partial charge in [-0.05, 0) is 34.6 Å². The van der Waals surface area contributed by atoms with E-state index in [1.165, 1.54) is 27.7 Å². The van der Waals surface area contributed by atoms with Gasteiger partial charge in [-0.15, -0.1) is 0 Å². The largest absolute Gasteiger partial charge is 0.510 e. The second-order valence-electron chi connectivity index (χ2n) is 9.47. The first-order chi connectivity index (χ1) is 18.5. The number of hydrogen-bond donors (Lipinski definition) is 3. The lowest BCUT2D eigenvalue weighted by molar-refractivity contribution is -0.168. The number of nitrogens with zero attached hydrogens (tertiary/aromatic N) is 1. The van der Waals surface area contributed by atoms with Gasteiger partial charge in [0.15, 0.2) is 17.4 Å². The molecule has 1 saturated heterocycles. The third-order valence-corrected chi connectivity index (χ3v) is 7.23. The summed E-state index contributed by atoms with van der Waals surface area (Å²) in [6.07, 6.45) is -6.32. The van der Waals surface area contributed by atoms with Crippen molar-refractivity contribution >= 4 is 20.1 Å². The molecule has 1 aliphatic carbocycles. The fourth-order valence-electron chi connectivity index (χ4n) is 4.07. The van der Waals surface area contributed by atoms with Gasteiger partial charge in [0, 0.05) is 12.3 Å². The van der Waals surface area contributed by atoms with Crippen LogP contribution in [0.2, 0.25) is 0 Å². The minimum absolute atomic E-state index is 0.570. The van der Waals surface area contributed by atoms with Crippen molar-refractivity contribution in [2.45, 2.75) is 76.0 Å². The molecule has 3 rings (SSSR count). The highest BCUT2D eigenvalue weighted by molar-refractivity contribution is 7.48. The highest BCUT2D eigenvalue weighted by Gasteiger charge is 2.93. The molecule has 0 amide bonds. The Morgan fingerprint density at radius 1 is 1.10 bits per heavy atom. The molecule has 1 aliphatic heterocycles. The van der Waals surface area contributed by atoms with E-state index in [1.54, 1.807) is 0 Å². The second-order valence-corrected chi connectivity index (χ2v) is 11.1. The number of H-pyrrole nitrogens is 1. The topological polar surface area (TPSA) is 220 Å². The highest BCUT2D eigenvalue weighted by Crippen LogP contribution is 2.71. The van der Waals surface area contributed by atoms with E-state index in [9.17, 15) is 38.3 Å². The Morgan fingerprint density at radius 2 is 1.62 bits per heavy atom. The Morgan fingerprint density at radius 3 is 2.05 bits per heavy atom. The SMILES string of the molecule is CC(C)OC(=O)OCOP(=O)(OCOC(=O)OC(C)C)OC1[C@]2(O)[C@@](C)(O)[C@H](n3ccc(=O)[nH]c3=O)O[C@]12CF. The molecule has 1 aromatic rings. The van der Waals surface area contributed by atoms with Gasteiger partial charge in [0.1, 0.15) is 18.4 Å². The minimum Gasteiger partial charge on any atom is -0.432 e. The number of phosphoric acid groups is 1. The summed E-state index contributed by atoms with van der Waals surface area (Å²) in [6.45, 7) is 3.35. The van der Waals surface area contributed by atoms with Crippen molar-refractivity contribution in [1.29, 1.82) is 0 Å². The van der Waals surface area contributed by atoms with Crippen molar-refractivity contribution in [3.8, 4) is 0 Å². The number of halogens is 1.